The highest BCUT2D eigenvalue weighted by Crippen LogP contribution is 2.35. The number of aromatic nitrogens is 1. The van der Waals surface area contributed by atoms with Gasteiger partial charge >= 0.3 is 0 Å². The second kappa shape index (κ2) is 9.56. The molecule has 4 rings (SSSR count). The smallest absolute Gasteiger partial charge is 0.274 e. The minimum atomic E-state index is -0.237. The van der Waals surface area contributed by atoms with Crippen molar-refractivity contribution < 1.29 is 19.1 Å². The molecule has 2 aliphatic rings. The lowest BCUT2D eigenvalue weighted by Gasteiger charge is -2.43. The van der Waals surface area contributed by atoms with E-state index in [9.17, 15) is 14.4 Å². The van der Waals surface area contributed by atoms with Crippen molar-refractivity contribution in [3.63, 3.8) is 0 Å². The van der Waals surface area contributed by atoms with Crippen LogP contribution in [0.15, 0.2) is 41.2 Å². The van der Waals surface area contributed by atoms with Crippen LogP contribution in [-0.4, -0.2) is 55.2 Å². The number of methoxy groups -OCH3 is 2. The molecule has 1 aromatic heterocycles. The van der Waals surface area contributed by atoms with Gasteiger partial charge in [-0.05, 0) is 42.2 Å². The number of hydrogen-bond acceptors (Lipinski definition) is 5. The molecule has 0 spiro atoms. The summed E-state index contributed by atoms with van der Waals surface area (Å²) in [5.41, 5.74) is 1.89. The summed E-state index contributed by atoms with van der Waals surface area (Å²) in [6.07, 6.45) is 1.52. The van der Waals surface area contributed by atoms with Crippen molar-refractivity contribution in [2.24, 2.45) is 5.92 Å². The molecule has 8 nitrogen and oxygen atoms in total. The van der Waals surface area contributed by atoms with Crippen molar-refractivity contribution in [3.05, 3.63) is 58.0 Å². The maximum atomic E-state index is 13.1. The zero-order chi connectivity index (χ0) is 22.7. The Morgan fingerprint density at radius 2 is 1.84 bits per heavy atom. The zero-order valence-corrected chi connectivity index (χ0v) is 18.5. The van der Waals surface area contributed by atoms with Crippen molar-refractivity contribution in [1.29, 1.82) is 0 Å². The highest BCUT2D eigenvalue weighted by molar-refractivity contribution is 5.92. The van der Waals surface area contributed by atoms with Crippen LogP contribution in [0.4, 0.5) is 5.69 Å². The highest BCUT2D eigenvalue weighted by atomic mass is 16.5. The summed E-state index contributed by atoms with van der Waals surface area (Å²) in [5.74, 6) is 0.950. The molecule has 1 saturated heterocycles. The lowest BCUT2D eigenvalue weighted by atomic mass is 9.83. The molecule has 32 heavy (non-hydrogen) atoms. The molecule has 2 atom stereocenters. The molecule has 1 N–H and O–H groups in total. The minimum Gasteiger partial charge on any atom is -0.497 e. The number of pyridine rings is 1. The van der Waals surface area contributed by atoms with Crippen molar-refractivity contribution >= 4 is 17.5 Å². The largest absolute Gasteiger partial charge is 0.497 e. The van der Waals surface area contributed by atoms with Crippen LogP contribution in [-0.2, 0) is 27.3 Å². The number of fused-ring (bicyclic) bond motifs is 4. The number of piperidine rings is 1. The number of ether oxygens (including phenoxy) is 2. The summed E-state index contributed by atoms with van der Waals surface area (Å²) < 4.78 is 11.9. The van der Waals surface area contributed by atoms with Crippen LogP contribution in [0.25, 0.3) is 0 Å². The molecule has 0 saturated carbocycles. The predicted octanol–water partition coefficient (Wildman–Crippen LogP) is 2.02. The van der Waals surface area contributed by atoms with Gasteiger partial charge < -0.3 is 24.3 Å². The predicted molar refractivity (Wildman–Crippen MR) is 120 cm³/mol. The molecule has 1 fully saturated rings. The quantitative estimate of drug-likeness (QED) is 0.713. The maximum absolute atomic E-state index is 13.1. The average Bonchev–Trinajstić information content (AvgIpc) is 2.80. The summed E-state index contributed by atoms with van der Waals surface area (Å²) in [7, 11) is 3.18. The number of hydrogen-bond donors (Lipinski definition) is 1. The molecule has 2 amide bonds. The van der Waals surface area contributed by atoms with Gasteiger partial charge in [-0.3, -0.25) is 14.4 Å². The number of carbonyl (C=O) groups excluding carboxylic acids is 2. The third-order valence-electron chi connectivity index (χ3n) is 6.27. The highest BCUT2D eigenvalue weighted by Gasteiger charge is 2.36. The third kappa shape index (κ3) is 4.70. The van der Waals surface area contributed by atoms with Gasteiger partial charge in [0, 0.05) is 38.4 Å². The number of amides is 2. The van der Waals surface area contributed by atoms with E-state index in [0.717, 1.165) is 23.4 Å². The van der Waals surface area contributed by atoms with Gasteiger partial charge in [-0.1, -0.05) is 12.1 Å². The van der Waals surface area contributed by atoms with Crippen LogP contribution in [0.1, 0.15) is 30.0 Å². The van der Waals surface area contributed by atoms with Crippen LogP contribution >= 0.6 is 0 Å². The Labute approximate surface area is 187 Å². The number of anilines is 1. The van der Waals surface area contributed by atoms with Gasteiger partial charge in [0.15, 0.2) is 0 Å². The molecule has 2 aromatic rings. The van der Waals surface area contributed by atoms with E-state index in [4.69, 9.17) is 9.47 Å². The van der Waals surface area contributed by atoms with E-state index in [1.165, 1.54) is 0 Å². The Bertz CT molecular complexity index is 1050. The molecule has 2 bridgehead atoms. The van der Waals surface area contributed by atoms with Crippen molar-refractivity contribution in [3.8, 4) is 5.75 Å². The lowest BCUT2D eigenvalue weighted by Crippen LogP contribution is -2.49. The molecule has 3 heterocycles. The van der Waals surface area contributed by atoms with Gasteiger partial charge in [0.25, 0.3) is 5.56 Å². The van der Waals surface area contributed by atoms with Gasteiger partial charge in [0.2, 0.25) is 11.8 Å². The van der Waals surface area contributed by atoms with Crippen LogP contribution in [0, 0.1) is 5.92 Å². The van der Waals surface area contributed by atoms with Gasteiger partial charge in [-0.2, -0.15) is 0 Å². The van der Waals surface area contributed by atoms with Crippen molar-refractivity contribution in [1.82, 2.24) is 9.47 Å². The average molecular weight is 440 g/mol. The van der Waals surface area contributed by atoms with Crippen LogP contribution in [0.3, 0.4) is 0 Å². The minimum absolute atomic E-state index is 0.0970. The maximum Gasteiger partial charge on any atom is 0.274 e. The van der Waals surface area contributed by atoms with Crippen molar-refractivity contribution in [2.45, 2.75) is 31.7 Å². The van der Waals surface area contributed by atoms with Gasteiger partial charge in [-0.25, -0.2) is 0 Å². The number of nitrogens with one attached hydrogen (secondary N) is 1. The third-order valence-corrected chi connectivity index (χ3v) is 6.27. The van der Waals surface area contributed by atoms with E-state index in [0.29, 0.717) is 38.3 Å². The fourth-order valence-corrected chi connectivity index (χ4v) is 4.72. The Morgan fingerprint density at radius 1 is 1.06 bits per heavy atom. The van der Waals surface area contributed by atoms with E-state index >= 15 is 0 Å². The van der Waals surface area contributed by atoms with Crippen molar-refractivity contribution in [2.75, 3.05) is 39.2 Å². The summed E-state index contributed by atoms with van der Waals surface area (Å²) in [5, 5.41) is 2.77. The van der Waals surface area contributed by atoms with E-state index in [1.54, 1.807) is 37.0 Å². The second-order valence-corrected chi connectivity index (χ2v) is 8.50. The van der Waals surface area contributed by atoms with E-state index < -0.39 is 0 Å². The first-order chi connectivity index (χ1) is 15.5. The Balaban J connectivity index is 1.46. The van der Waals surface area contributed by atoms with E-state index in [2.05, 4.69) is 5.32 Å². The van der Waals surface area contributed by atoms with Crippen LogP contribution in [0.5, 0.6) is 5.75 Å². The van der Waals surface area contributed by atoms with Crippen LogP contribution < -0.4 is 15.6 Å². The normalized spacial score (nSPS) is 19.2. The molecule has 2 aliphatic heterocycles. The fourth-order valence-electron chi connectivity index (χ4n) is 4.72. The number of nitrogens with zero attached hydrogens (tertiary/aromatic N) is 2. The summed E-state index contributed by atoms with van der Waals surface area (Å²) >= 11 is 0. The molecule has 170 valence electrons. The molecule has 8 heteroatoms. The standard InChI is InChI=1S/C24H29N3O5/c1-31-10-9-23(29)26-13-17-11-18(15-26)21-8-7-20(24(30)27(21)14-17)25-22(28)12-16-3-5-19(32-2)6-4-16/h3-8,17-18H,9-15H2,1-2H3,(H,25,28)/t17-,18-/m1/s1. The Hall–Kier alpha value is -3.13. The SMILES string of the molecule is COCCC(=O)N1C[C@H]2C[C@H](C1)c1ccc(NC(=O)Cc3ccc(OC)cc3)c(=O)n1C2. The Morgan fingerprint density at radius 3 is 2.56 bits per heavy atom. The Kier molecular flexibility index (Phi) is 6.60. The summed E-state index contributed by atoms with van der Waals surface area (Å²) in [6, 6.07) is 10.9. The second-order valence-electron chi connectivity index (χ2n) is 8.50. The van der Waals surface area contributed by atoms with Gasteiger partial charge in [-0.15, -0.1) is 0 Å². The monoisotopic (exact) mass is 439 g/mol. The zero-order valence-electron chi connectivity index (χ0n) is 18.5. The number of carbonyl (C=O) groups is 2. The van der Waals surface area contributed by atoms with E-state index in [-0.39, 0.29) is 35.6 Å². The number of benzene rings is 1. The molecular weight excluding hydrogens is 410 g/mol. The molecule has 0 radical (unpaired) electrons. The number of likely N-dealkylation sites (tertiary alicyclic amines) is 1. The first-order valence-electron chi connectivity index (χ1n) is 10.9. The topological polar surface area (TPSA) is 89.9 Å². The molecule has 1 aromatic carbocycles. The first-order valence-corrected chi connectivity index (χ1v) is 10.9. The molecule has 0 aliphatic carbocycles. The van der Waals surface area contributed by atoms with E-state index in [1.807, 2.05) is 23.1 Å². The summed E-state index contributed by atoms with van der Waals surface area (Å²) in [4.78, 5) is 40.0. The van der Waals surface area contributed by atoms with Gasteiger partial charge in [0.05, 0.1) is 26.6 Å². The molecule has 0 unspecified atom stereocenters. The number of rotatable bonds is 7. The van der Waals surface area contributed by atoms with Crippen LogP contribution in [0.2, 0.25) is 0 Å². The van der Waals surface area contributed by atoms with Gasteiger partial charge in [0.1, 0.15) is 11.4 Å². The first kappa shape index (κ1) is 22.1. The fraction of sp³-hybridized carbons (Fsp3) is 0.458. The lowest BCUT2D eigenvalue weighted by molar-refractivity contribution is -0.134. The summed E-state index contributed by atoms with van der Waals surface area (Å²) in [6.45, 7) is 2.24. The molecular formula is C24H29N3O5.